The van der Waals surface area contributed by atoms with Crippen LogP contribution in [0, 0.1) is 5.92 Å². The second-order valence-electron chi connectivity index (χ2n) is 7.60. The molecule has 182 valence electrons. The Morgan fingerprint density at radius 3 is 2.12 bits per heavy atom. The van der Waals surface area contributed by atoms with Crippen LogP contribution >= 0.6 is 0 Å². The molecule has 2 rings (SSSR count). The summed E-state index contributed by atoms with van der Waals surface area (Å²) in [6, 6.07) is 8.69. The maximum Gasteiger partial charge on any atom is 0.434 e. The van der Waals surface area contributed by atoms with Crippen molar-refractivity contribution in [3.63, 3.8) is 0 Å². The minimum atomic E-state index is -5.78. The predicted molar refractivity (Wildman–Crippen MR) is 110 cm³/mol. The summed E-state index contributed by atoms with van der Waals surface area (Å²) in [4.78, 5) is 12.9. The Hall–Kier alpha value is -2.75. The number of halogens is 6. The van der Waals surface area contributed by atoms with E-state index in [0.717, 1.165) is 4.90 Å². The van der Waals surface area contributed by atoms with Gasteiger partial charge in [-0.3, -0.25) is 0 Å². The standard InChI is InChI=1S/C23H25F6NO3/c1-3-8-16(9-4-2)21(32,17-10-6-5-7-11-17)18-12-14-30(15-13-18)20(31)33-19(22(24,25)26)23(27,28)29/h3-11,18-19,32H,1,12-15H2,2H3/b9-4-,16-8+. The number of aliphatic hydroxyl groups is 1. The van der Waals surface area contributed by atoms with Crippen molar-refractivity contribution in [1.29, 1.82) is 0 Å². The van der Waals surface area contributed by atoms with Crippen LogP contribution in [0.2, 0.25) is 0 Å². The Balaban J connectivity index is 2.25. The third-order valence-corrected chi connectivity index (χ3v) is 5.45. The molecule has 1 fully saturated rings. The van der Waals surface area contributed by atoms with Crippen LogP contribution in [0.25, 0.3) is 0 Å². The van der Waals surface area contributed by atoms with Crippen LogP contribution in [0.5, 0.6) is 0 Å². The monoisotopic (exact) mass is 477 g/mol. The van der Waals surface area contributed by atoms with Crippen LogP contribution in [0.4, 0.5) is 31.1 Å². The van der Waals surface area contributed by atoms with Gasteiger partial charge in [0.15, 0.2) is 0 Å². The molecule has 10 heteroatoms. The van der Waals surface area contributed by atoms with Crippen molar-refractivity contribution in [3.8, 4) is 0 Å². The number of carbonyl (C=O) groups is 1. The highest BCUT2D eigenvalue weighted by Crippen LogP contribution is 2.43. The van der Waals surface area contributed by atoms with Gasteiger partial charge in [-0.1, -0.05) is 61.2 Å². The molecule has 1 heterocycles. The van der Waals surface area contributed by atoms with Gasteiger partial charge < -0.3 is 14.7 Å². The molecule has 1 saturated heterocycles. The summed E-state index contributed by atoms with van der Waals surface area (Å²) in [6.07, 6.45) is -10.7. The molecule has 0 spiro atoms. The van der Waals surface area contributed by atoms with Gasteiger partial charge in [-0.15, -0.1) is 0 Å². The van der Waals surface area contributed by atoms with Crippen molar-refractivity contribution in [1.82, 2.24) is 4.90 Å². The van der Waals surface area contributed by atoms with E-state index in [1.165, 1.54) is 6.08 Å². The lowest BCUT2D eigenvalue weighted by Gasteiger charge is -2.42. The first-order valence-electron chi connectivity index (χ1n) is 10.2. The number of benzene rings is 1. The van der Waals surface area contributed by atoms with E-state index in [4.69, 9.17) is 0 Å². The average Bonchev–Trinajstić information content (AvgIpc) is 2.75. The Morgan fingerprint density at radius 2 is 1.67 bits per heavy atom. The highest BCUT2D eigenvalue weighted by atomic mass is 19.4. The summed E-state index contributed by atoms with van der Waals surface area (Å²) >= 11 is 0. The van der Waals surface area contributed by atoms with Crippen molar-refractivity contribution >= 4 is 6.09 Å². The summed E-state index contributed by atoms with van der Waals surface area (Å²) in [5, 5.41) is 11.8. The SMILES string of the molecule is C=C/C=C(\C=C/C)C(O)(c1ccccc1)C1CCN(C(=O)OC(C(F)(F)F)C(F)(F)F)CC1. The summed E-state index contributed by atoms with van der Waals surface area (Å²) in [7, 11) is 0. The Bertz CT molecular complexity index is 856. The average molecular weight is 477 g/mol. The van der Waals surface area contributed by atoms with Gasteiger partial charge in [0.2, 0.25) is 0 Å². The molecule has 0 saturated carbocycles. The third-order valence-electron chi connectivity index (χ3n) is 5.45. The molecular formula is C23H25F6NO3. The van der Waals surface area contributed by atoms with E-state index >= 15 is 0 Å². The Labute approximate surface area is 187 Å². The lowest BCUT2D eigenvalue weighted by molar-refractivity contribution is -0.308. The molecule has 1 N–H and O–H groups in total. The van der Waals surface area contributed by atoms with E-state index in [0.29, 0.717) is 11.1 Å². The molecule has 1 amide bonds. The summed E-state index contributed by atoms with van der Waals surface area (Å²) in [6.45, 7) is 5.06. The zero-order chi connectivity index (χ0) is 24.9. The number of likely N-dealkylation sites (tertiary alicyclic amines) is 1. The van der Waals surface area contributed by atoms with E-state index in [-0.39, 0.29) is 25.9 Å². The minimum absolute atomic E-state index is 0.120. The molecule has 4 nitrogen and oxygen atoms in total. The molecule has 0 aliphatic carbocycles. The van der Waals surface area contributed by atoms with E-state index in [9.17, 15) is 36.2 Å². The summed E-state index contributed by atoms with van der Waals surface area (Å²) in [5.74, 6) is -0.479. The first-order valence-corrected chi connectivity index (χ1v) is 10.2. The number of alkyl halides is 6. The number of carbonyl (C=O) groups excluding carboxylic acids is 1. The second kappa shape index (κ2) is 10.5. The normalized spacial score (nSPS) is 18.5. The van der Waals surface area contributed by atoms with Gasteiger partial charge in [0.25, 0.3) is 6.10 Å². The van der Waals surface area contributed by atoms with E-state index in [2.05, 4.69) is 11.3 Å². The van der Waals surface area contributed by atoms with Crippen LogP contribution in [0.1, 0.15) is 25.3 Å². The van der Waals surface area contributed by atoms with Crippen LogP contribution in [0.15, 0.2) is 66.8 Å². The van der Waals surface area contributed by atoms with Gasteiger partial charge in [0, 0.05) is 13.1 Å². The van der Waals surface area contributed by atoms with E-state index in [1.807, 2.05) is 0 Å². The van der Waals surface area contributed by atoms with Crippen LogP contribution in [-0.4, -0.2) is 47.6 Å². The van der Waals surface area contributed by atoms with Crippen molar-refractivity contribution in [2.75, 3.05) is 13.1 Å². The number of ether oxygens (including phenoxy) is 1. The molecule has 1 aromatic rings. The number of rotatable bonds is 6. The minimum Gasteiger partial charge on any atom is -0.426 e. The van der Waals surface area contributed by atoms with Crippen molar-refractivity contribution in [2.24, 2.45) is 5.92 Å². The molecule has 0 bridgehead atoms. The van der Waals surface area contributed by atoms with Crippen LogP contribution < -0.4 is 0 Å². The molecule has 1 unspecified atom stereocenters. The first kappa shape index (κ1) is 26.5. The fraction of sp³-hybridized carbons (Fsp3) is 0.435. The molecule has 1 aliphatic heterocycles. The largest absolute Gasteiger partial charge is 0.434 e. The van der Waals surface area contributed by atoms with Crippen LogP contribution in [-0.2, 0) is 10.3 Å². The number of hydrogen-bond donors (Lipinski definition) is 1. The molecular weight excluding hydrogens is 452 g/mol. The molecule has 1 aromatic carbocycles. The van der Waals surface area contributed by atoms with Gasteiger partial charge in [0.05, 0.1) is 0 Å². The number of allylic oxidation sites excluding steroid dienone is 3. The summed E-state index contributed by atoms with van der Waals surface area (Å²) < 4.78 is 80.1. The van der Waals surface area contributed by atoms with E-state index in [1.54, 1.807) is 55.5 Å². The zero-order valence-corrected chi connectivity index (χ0v) is 17.9. The lowest BCUT2D eigenvalue weighted by Crippen LogP contribution is -2.50. The molecule has 0 aromatic heterocycles. The van der Waals surface area contributed by atoms with Crippen molar-refractivity contribution < 1.29 is 41.0 Å². The fourth-order valence-electron chi connectivity index (χ4n) is 3.92. The van der Waals surface area contributed by atoms with Gasteiger partial charge in [-0.2, -0.15) is 26.3 Å². The number of amides is 1. The quantitative estimate of drug-likeness (QED) is 0.410. The lowest BCUT2D eigenvalue weighted by atomic mass is 9.71. The number of hydrogen-bond acceptors (Lipinski definition) is 3. The zero-order valence-electron chi connectivity index (χ0n) is 17.9. The second-order valence-corrected chi connectivity index (χ2v) is 7.60. The van der Waals surface area contributed by atoms with Gasteiger partial charge in [0.1, 0.15) is 5.60 Å². The number of nitrogens with zero attached hydrogens (tertiary/aromatic N) is 1. The van der Waals surface area contributed by atoms with Gasteiger partial charge >= 0.3 is 18.4 Å². The van der Waals surface area contributed by atoms with Gasteiger partial charge in [-0.25, -0.2) is 4.79 Å². The predicted octanol–water partition coefficient (Wildman–Crippen LogP) is 5.90. The third kappa shape index (κ3) is 6.19. The number of piperidine rings is 1. The van der Waals surface area contributed by atoms with Crippen LogP contribution in [0.3, 0.4) is 0 Å². The first-order chi connectivity index (χ1) is 15.4. The van der Waals surface area contributed by atoms with Crippen molar-refractivity contribution in [3.05, 3.63) is 72.4 Å². The van der Waals surface area contributed by atoms with Gasteiger partial charge in [-0.05, 0) is 36.8 Å². The molecule has 33 heavy (non-hydrogen) atoms. The highest BCUT2D eigenvalue weighted by molar-refractivity contribution is 5.68. The summed E-state index contributed by atoms with van der Waals surface area (Å²) in [5.41, 5.74) is -0.439. The van der Waals surface area contributed by atoms with E-state index < -0.39 is 36.1 Å². The fourth-order valence-corrected chi connectivity index (χ4v) is 3.92. The topological polar surface area (TPSA) is 49.8 Å². The Morgan fingerprint density at radius 1 is 1.12 bits per heavy atom. The maximum atomic E-state index is 12.7. The maximum absolute atomic E-state index is 12.7. The highest BCUT2D eigenvalue weighted by Gasteiger charge is 2.60. The molecule has 1 atom stereocenters. The Kier molecular flexibility index (Phi) is 8.40. The molecule has 0 radical (unpaired) electrons. The van der Waals surface area contributed by atoms with Crippen molar-refractivity contribution in [2.45, 2.75) is 43.8 Å². The smallest absolute Gasteiger partial charge is 0.426 e. The molecule has 1 aliphatic rings.